The Balaban J connectivity index is 2.36. The maximum atomic E-state index is 13.5. The van der Waals surface area contributed by atoms with Crippen molar-refractivity contribution in [3.63, 3.8) is 0 Å². The predicted octanol–water partition coefficient (Wildman–Crippen LogP) is 2.23. The van der Waals surface area contributed by atoms with Crippen LogP contribution in [-0.4, -0.2) is 31.1 Å². The number of likely N-dealkylation sites (N-methyl/N-ethyl adjacent to an activating group) is 1. The van der Waals surface area contributed by atoms with E-state index < -0.39 is 10.7 Å². The molecule has 6 heteroatoms. The summed E-state index contributed by atoms with van der Waals surface area (Å²) in [6, 6.07) is 2.77. The molecule has 0 radical (unpaired) electrons. The zero-order chi connectivity index (χ0) is 14.0. The number of anilines is 1. The van der Waals surface area contributed by atoms with Crippen LogP contribution < -0.4 is 10.2 Å². The standard InChI is InChI=1S/C13H18FN3O2/c1-9-6-12(13(17(18)19)7-11(9)14)16(2)10-4-3-5-15-8-10/h6-7,10,15H,3-5,8H2,1-2H3. The van der Waals surface area contributed by atoms with Crippen LogP contribution in [0.5, 0.6) is 0 Å². The summed E-state index contributed by atoms with van der Waals surface area (Å²) in [5.41, 5.74) is 0.741. The quantitative estimate of drug-likeness (QED) is 0.674. The molecule has 1 atom stereocenters. The number of nitrogens with one attached hydrogen (secondary N) is 1. The summed E-state index contributed by atoms with van der Waals surface area (Å²) in [7, 11) is 1.83. The second-order valence-electron chi connectivity index (χ2n) is 4.96. The smallest absolute Gasteiger partial charge is 0.295 e. The van der Waals surface area contributed by atoms with Crippen LogP contribution in [0, 0.1) is 22.9 Å². The molecule has 0 aromatic heterocycles. The first-order valence-electron chi connectivity index (χ1n) is 6.39. The van der Waals surface area contributed by atoms with Crippen molar-refractivity contribution in [1.82, 2.24) is 5.32 Å². The maximum Gasteiger partial charge on any atom is 0.295 e. The van der Waals surface area contributed by atoms with Gasteiger partial charge in [-0.15, -0.1) is 0 Å². The molecule has 2 rings (SSSR count). The number of nitro groups is 1. The van der Waals surface area contributed by atoms with Crippen LogP contribution in [-0.2, 0) is 0 Å². The lowest BCUT2D eigenvalue weighted by molar-refractivity contribution is -0.384. The summed E-state index contributed by atoms with van der Waals surface area (Å²) in [5, 5.41) is 14.3. The van der Waals surface area contributed by atoms with Gasteiger partial charge in [0.15, 0.2) is 0 Å². The third-order valence-corrected chi connectivity index (χ3v) is 3.65. The van der Waals surface area contributed by atoms with Crippen LogP contribution in [0.1, 0.15) is 18.4 Å². The maximum absolute atomic E-state index is 13.5. The molecule has 1 aliphatic rings. The van der Waals surface area contributed by atoms with Crippen LogP contribution in [0.2, 0.25) is 0 Å². The first kappa shape index (κ1) is 13.7. The summed E-state index contributed by atoms with van der Waals surface area (Å²) >= 11 is 0. The number of nitrogens with zero attached hydrogens (tertiary/aromatic N) is 2. The fourth-order valence-electron chi connectivity index (χ4n) is 2.45. The zero-order valence-electron chi connectivity index (χ0n) is 11.1. The molecule has 1 saturated heterocycles. The van der Waals surface area contributed by atoms with Crippen molar-refractivity contribution in [1.29, 1.82) is 0 Å². The molecule has 1 fully saturated rings. The van der Waals surface area contributed by atoms with Crippen LogP contribution in [0.3, 0.4) is 0 Å². The van der Waals surface area contributed by atoms with E-state index >= 15 is 0 Å². The van der Waals surface area contributed by atoms with Gasteiger partial charge >= 0.3 is 0 Å². The van der Waals surface area contributed by atoms with Crippen molar-refractivity contribution in [2.75, 3.05) is 25.0 Å². The first-order chi connectivity index (χ1) is 9.00. The van der Waals surface area contributed by atoms with Gasteiger partial charge in [-0.05, 0) is 37.9 Å². The van der Waals surface area contributed by atoms with E-state index in [1.165, 1.54) is 0 Å². The highest BCUT2D eigenvalue weighted by atomic mass is 19.1. The topological polar surface area (TPSA) is 58.4 Å². The summed E-state index contributed by atoms with van der Waals surface area (Å²) in [6.07, 6.45) is 2.03. The lowest BCUT2D eigenvalue weighted by Crippen LogP contribution is -2.44. The minimum absolute atomic E-state index is 0.170. The van der Waals surface area contributed by atoms with Gasteiger partial charge in [-0.1, -0.05) is 0 Å². The highest BCUT2D eigenvalue weighted by Gasteiger charge is 2.25. The fraction of sp³-hybridized carbons (Fsp3) is 0.538. The van der Waals surface area contributed by atoms with Crippen molar-refractivity contribution in [3.8, 4) is 0 Å². The molecule has 1 aromatic carbocycles. The van der Waals surface area contributed by atoms with Gasteiger partial charge in [0.1, 0.15) is 11.5 Å². The molecule has 1 heterocycles. The van der Waals surface area contributed by atoms with Gasteiger partial charge in [0, 0.05) is 19.6 Å². The predicted molar refractivity (Wildman–Crippen MR) is 72.1 cm³/mol. The largest absolute Gasteiger partial charge is 0.365 e. The van der Waals surface area contributed by atoms with E-state index in [1.54, 1.807) is 13.0 Å². The van der Waals surface area contributed by atoms with Crippen molar-refractivity contribution >= 4 is 11.4 Å². The molecule has 5 nitrogen and oxygen atoms in total. The summed E-state index contributed by atoms with van der Waals surface area (Å²) in [6.45, 7) is 3.40. The Labute approximate surface area is 111 Å². The number of halogens is 1. The van der Waals surface area contributed by atoms with Crippen molar-refractivity contribution in [3.05, 3.63) is 33.6 Å². The third kappa shape index (κ3) is 2.84. The van der Waals surface area contributed by atoms with Crippen LogP contribution in [0.25, 0.3) is 0 Å². The van der Waals surface area contributed by atoms with E-state index in [9.17, 15) is 14.5 Å². The molecule has 104 valence electrons. The molecule has 0 spiro atoms. The number of hydrogen-bond acceptors (Lipinski definition) is 4. The Kier molecular flexibility index (Phi) is 3.99. The number of nitro benzene ring substituents is 1. The SMILES string of the molecule is Cc1cc(N(C)C2CCCNC2)c([N+](=O)[O-])cc1F. The van der Waals surface area contributed by atoms with Crippen molar-refractivity contribution in [2.45, 2.75) is 25.8 Å². The second-order valence-corrected chi connectivity index (χ2v) is 4.96. The molecule has 1 aromatic rings. The van der Waals surface area contributed by atoms with E-state index in [4.69, 9.17) is 0 Å². The fourth-order valence-corrected chi connectivity index (χ4v) is 2.45. The van der Waals surface area contributed by atoms with Gasteiger partial charge in [0.25, 0.3) is 5.69 Å². The normalized spacial score (nSPS) is 19.2. The van der Waals surface area contributed by atoms with Gasteiger partial charge in [0.05, 0.1) is 11.0 Å². The van der Waals surface area contributed by atoms with Gasteiger partial charge in [-0.2, -0.15) is 0 Å². The molecule has 1 unspecified atom stereocenters. The number of benzene rings is 1. The second kappa shape index (κ2) is 5.52. The highest BCUT2D eigenvalue weighted by molar-refractivity contribution is 5.65. The van der Waals surface area contributed by atoms with Gasteiger partial charge in [-0.3, -0.25) is 10.1 Å². The molecule has 0 bridgehead atoms. The molecule has 1 N–H and O–H groups in total. The van der Waals surface area contributed by atoms with Crippen LogP contribution in [0.15, 0.2) is 12.1 Å². The number of piperidine rings is 1. The number of rotatable bonds is 3. The van der Waals surface area contributed by atoms with Gasteiger partial charge < -0.3 is 10.2 Å². The number of hydrogen-bond donors (Lipinski definition) is 1. The molecule has 0 aliphatic carbocycles. The monoisotopic (exact) mass is 267 g/mol. The Morgan fingerprint density at radius 3 is 2.84 bits per heavy atom. The summed E-state index contributed by atoms with van der Waals surface area (Å²) in [5.74, 6) is -0.536. The van der Waals surface area contributed by atoms with Gasteiger partial charge in [0.2, 0.25) is 0 Å². The average Bonchev–Trinajstić information content (AvgIpc) is 2.41. The molecular formula is C13H18FN3O2. The average molecular weight is 267 g/mol. The Morgan fingerprint density at radius 2 is 2.26 bits per heavy atom. The summed E-state index contributed by atoms with van der Waals surface area (Å²) < 4.78 is 13.5. The van der Waals surface area contributed by atoms with Crippen LogP contribution >= 0.6 is 0 Å². The van der Waals surface area contributed by atoms with Crippen molar-refractivity contribution < 1.29 is 9.31 Å². The lowest BCUT2D eigenvalue weighted by Gasteiger charge is -2.33. The zero-order valence-corrected chi connectivity index (χ0v) is 11.1. The molecule has 19 heavy (non-hydrogen) atoms. The lowest BCUT2D eigenvalue weighted by atomic mass is 10.0. The van der Waals surface area contributed by atoms with E-state index in [0.29, 0.717) is 11.3 Å². The summed E-state index contributed by atoms with van der Waals surface area (Å²) in [4.78, 5) is 12.4. The Hall–Kier alpha value is -1.69. The minimum atomic E-state index is -0.536. The highest BCUT2D eigenvalue weighted by Crippen LogP contribution is 2.32. The first-order valence-corrected chi connectivity index (χ1v) is 6.39. The van der Waals surface area contributed by atoms with Crippen molar-refractivity contribution in [2.24, 2.45) is 0 Å². The molecule has 1 aliphatic heterocycles. The molecule has 0 saturated carbocycles. The van der Waals surface area contributed by atoms with E-state index in [2.05, 4.69) is 5.32 Å². The Bertz CT molecular complexity index is 487. The van der Waals surface area contributed by atoms with Gasteiger partial charge in [-0.25, -0.2) is 4.39 Å². The molecular weight excluding hydrogens is 249 g/mol. The van der Waals surface area contributed by atoms with Crippen LogP contribution in [0.4, 0.5) is 15.8 Å². The minimum Gasteiger partial charge on any atom is -0.365 e. The Morgan fingerprint density at radius 1 is 1.53 bits per heavy atom. The van der Waals surface area contributed by atoms with E-state index in [-0.39, 0.29) is 11.7 Å². The molecule has 0 amide bonds. The van der Waals surface area contributed by atoms with E-state index in [0.717, 1.165) is 32.0 Å². The number of aryl methyl sites for hydroxylation is 1. The van der Waals surface area contributed by atoms with E-state index in [1.807, 2.05) is 11.9 Å². The third-order valence-electron chi connectivity index (χ3n) is 3.65.